The smallest absolute Gasteiger partial charge is 0.119 e. The molecule has 0 amide bonds. The van der Waals surface area contributed by atoms with E-state index in [1.165, 1.54) is 31.2 Å². The van der Waals surface area contributed by atoms with Crippen LogP contribution in [0.4, 0.5) is 0 Å². The van der Waals surface area contributed by atoms with E-state index < -0.39 is 6.10 Å². The summed E-state index contributed by atoms with van der Waals surface area (Å²) in [4.78, 5) is 0. The molecule has 118 valence electrons. The van der Waals surface area contributed by atoms with Crippen molar-refractivity contribution in [2.45, 2.75) is 52.1 Å². The van der Waals surface area contributed by atoms with Crippen LogP contribution in [-0.4, -0.2) is 30.9 Å². The van der Waals surface area contributed by atoms with Crippen molar-refractivity contribution in [2.75, 3.05) is 19.7 Å². The van der Waals surface area contributed by atoms with Gasteiger partial charge >= 0.3 is 0 Å². The van der Waals surface area contributed by atoms with Crippen molar-refractivity contribution in [3.63, 3.8) is 0 Å². The van der Waals surface area contributed by atoms with E-state index >= 15 is 0 Å². The van der Waals surface area contributed by atoms with Gasteiger partial charge in [0.2, 0.25) is 0 Å². The maximum absolute atomic E-state index is 10.00. The first-order chi connectivity index (χ1) is 10.2. The number of rotatable bonds is 10. The largest absolute Gasteiger partial charge is 0.491 e. The zero-order chi connectivity index (χ0) is 15.1. The zero-order valence-corrected chi connectivity index (χ0v) is 13.4. The van der Waals surface area contributed by atoms with E-state index in [2.05, 4.69) is 25.2 Å². The number of ether oxygens (including phenoxy) is 1. The third-order valence-corrected chi connectivity index (χ3v) is 4.37. The van der Waals surface area contributed by atoms with E-state index in [0.717, 1.165) is 18.7 Å². The quantitative estimate of drug-likeness (QED) is 0.696. The molecule has 1 aromatic rings. The number of hydrogen-bond acceptors (Lipinski definition) is 3. The molecule has 1 saturated carbocycles. The fourth-order valence-electron chi connectivity index (χ4n) is 2.83. The lowest BCUT2D eigenvalue weighted by Gasteiger charge is -2.17. The second kappa shape index (κ2) is 7.81. The van der Waals surface area contributed by atoms with Crippen LogP contribution in [0, 0.1) is 5.41 Å². The van der Waals surface area contributed by atoms with E-state index in [0.29, 0.717) is 18.6 Å². The van der Waals surface area contributed by atoms with Crippen LogP contribution in [0.15, 0.2) is 24.3 Å². The highest BCUT2D eigenvalue weighted by Gasteiger charge is 2.40. The Hall–Kier alpha value is -1.06. The summed E-state index contributed by atoms with van der Waals surface area (Å²) in [5, 5.41) is 13.4. The standard InChI is InChI=1S/C18H29NO2/c1-3-8-18(9-10-18)14-19-12-16(20)13-21-17-7-5-6-15(4-2)11-17/h5-7,11,16,19-20H,3-4,8-10,12-14H2,1-2H3. The second-order valence-electron chi connectivity index (χ2n) is 6.35. The van der Waals surface area contributed by atoms with E-state index in [1.807, 2.05) is 18.2 Å². The Bertz CT molecular complexity index is 429. The average Bonchev–Trinajstić information content (AvgIpc) is 3.25. The fraction of sp³-hybridized carbons (Fsp3) is 0.667. The lowest BCUT2D eigenvalue weighted by atomic mass is 10.0. The summed E-state index contributed by atoms with van der Waals surface area (Å²) in [5.74, 6) is 0.845. The minimum Gasteiger partial charge on any atom is -0.491 e. The van der Waals surface area contributed by atoms with Crippen LogP contribution in [0.25, 0.3) is 0 Å². The molecule has 0 spiro atoms. The van der Waals surface area contributed by atoms with Gasteiger partial charge in [0.05, 0.1) is 0 Å². The van der Waals surface area contributed by atoms with Gasteiger partial charge in [-0.25, -0.2) is 0 Å². The van der Waals surface area contributed by atoms with Crippen molar-refractivity contribution in [3.05, 3.63) is 29.8 Å². The van der Waals surface area contributed by atoms with Crippen molar-refractivity contribution in [2.24, 2.45) is 5.41 Å². The molecule has 21 heavy (non-hydrogen) atoms. The molecule has 1 aliphatic carbocycles. The Balaban J connectivity index is 1.64. The molecular formula is C18H29NO2. The highest BCUT2D eigenvalue weighted by atomic mass is 16.5. The molecule has 3 nitrogen and oxygen atoms in total. The van der Waals surface area contributed by atoms with Gasteiger partial charge in [-0.1, -0.05) is 32.4 Å². The van der Waals surface area contributed by atoms with Crippen molar-refractivity contribution >= 4 is 0 Å². The van der Waals surface area contributed by atoms with Gasteiger partial charge in [-0.3, -0.25) is 0 Å². The Morgan fingerprint density at radius 3 is 2.81 bits per heavy atom. The summed E-state index contributed by atoms with van der Waals surface area (Å²) in [6.07, 6.45) is 5.78. The van der Waals surface area contributed by atoms with Gasteiger partial charge < -0.3 is 15.2 Å². The molecule has 3 heteroatoms. The second-order valence-corrected chi connectivity index (χ2v) is 6.35. The molecule has 1 aromatic carbocycles. The van der Waals surface area contributed by atoms with Crippen LogP contribution in [0.1, 0.15) is 45.1 Å². The van der Waals surface area contributed by atoms with Gasteiger partial charge in [0.25, 0.3) is 0 Å². The lowest BCUT2D eigenvalue weighted by Crippen LogP contribution is -2.34. The molecular weight excluding hydrogens is 262 g/mol. The molecule has 2 N–H and O–H groups in total. The molecule has 0 bridgehead atoms. The van der Waals surface area contributed by atoms with Gasteiger partial charge in [0.15, 0.2) is 0 Å². The van der Waals surface area contributed by atoms with Crippen molar-refractivity contribution in [1.29, 1.82) is 0 Å². The van der Waals surface area contributed by atoms with Gasteiger partial charge in [0.1, 0.15) is 18.5 Å². The molecule has 1 unspecified atom stereocenters. The van der Waals surface area contributed by atoms with Crippen molar-refractivity contribution < 1.29 is 9.84 Å². The molecule has 1 atom stereocenters. The normalized spacial score (nSPS) is 17.5. The third kappa shape index (κ3) is 5.33. The highest BCUT2D eigenvalue weighted by molar-refractivity contribution is 5.28. The van der Waals surface area contributed by atoms with E-state index in [9.17, 15) is 5.11 Å². The van der Waals surface area contributed by atoms with E-state index in [-0.39, 0.29) is 0 Å². The number of hydrogen-bond donors (Lipinski definition) is 2. The molecule has 2 rings (SSSR count). The Morgan fingerprint density at radius 1 is 1.33 bits per heavy atom. The number of aliphatic hydroxyl groups excluding tert-OH is 1. The molecule has 1 fully saturated rings. The molecule has 0 aromatic heterocycles. The minimum atomic E-state index is -0.451. The van der Waals surface area contributed by atoms with Crippen LogP contribution >= 0.6 is 0 Å². The number of nitrogens with one attached hydrogen (secondary N) is 1. The lowest BCUT2D eigenvalue weighted by molar-refractivity contribution is 0.105. The number of benzene rings is 1. The van der Waals surface area contributed by atoms with Crippen LogP contribution < -0.4 is 10.1 Å². The first-order valence-electron chi connectivity index (χ1n) is 8.28. The SMILES string of the molecule is CCCC1(CNCC(O)COc2cccc(CC)c2)CC1. The zero-order valence-electron chi connectivity index (χ0n) is 13.4. The molecule has 0 saturated heterocycles. The van der Waals surface area contributed by atoms with Gasteiger partial charge in [-0.05, 0) is 48.8 Å². The van der Waals surface area contributed by atoms with Gasteiger partial charge in [-0.15, -0.1) is 0 Å². The van der Waals surface area contributed by atoms with E-state index in [1.54, 1.807) is 0 Å². The maximum Gasteiger partial charge on any atom is 0.119 e. The predicted molar refractivity (Wildman–Crippen MR) is 86.8 cm³/mol. The highest BCUT2D eigenvalue weighted by Crippen LogP contribution is 2.48. The maximum atomic E-state index is 10.00. The van der Waals surface area contributed by atoms with Crippen molar-refractivity contribution in [1.82, 2.24) is 5.32 Å². The van der Waals surface area contributed by atoms with Gasteiger partial charge in [-0.2, -0.15) is 0 Å². The number of aryl methyl sites for hydroxylation is 1. The summed E-state index contributed by atoms with van der Waals surface area (Å²) < 4.78 is 5.67. The van der Waals surface area contributed by atoms with Crippen LogP contribution in [0.3, 0.4) is 0 Å². The first kappa shape index (κ1) is 16.3. The summed E-state index contributed by atoms with van der Waals surface area (Å²) in [7, 11) is 0. The average molecular weight is 291 g/mol. The summed E-state index contributed by atoms with van der Waals surface area (Å²) >= 11 is 0. The van der Waals surface area contributed by atoms with Crippen LogP contribution in [-0.2, 0) is 6.42 Å². The molecule has 0 radical (unpaired) electrons. The Morgan fingerprint density at radius 2 is 2.14 bits per heavy atom. The fourth-order valence-corrected chi connectivity index (χ4v) is 2.83. The van der Waals surface area contributed by atoms with Crippen molar-refractivity contribution in [3.8, 4) is 5.75 Å². The third-order valence-electron chi connectivity index (χ3n) is 4.37. The van der Waals surface area contributed by atoms with Crippen LogP contribution in [0.5, 0.6) is 5.75 Å². The topological polar surface area (TPSA) is 41.5 Å². The molecule has 0 aliphatic heterocycles. The van der Waals surface area contributed by atoms with Crippen LogP contribution in [0.2, 0.25) is 0 Å². The summed E-state index contributed by atoms with van der Waals surface area (Å²) in [5.41, 5.74) is 1.79. The summed E-state index contributed by atoms with van der Waals surface area (Å²) in [6, 6.07) is 8.08. The van der Waals surface area contributed by atoms with E-state index in [4.69, 9.17) is 4.74 Å². The molecule has 1 aliphatic rings. The van der Waals surface area contributed by atoms with Gasteiger partial charge in [0, 0.05) is 13.1 Å². The monoisotopic (exact) mass is 291 g/mol. The predicted octanol–water partition coefficient (Wildman–Crippen LogP) is 3.16. The summed E-state index contributed by atoms with van der Waals surface area (Å²) in [6.45, 7) is 6.36. The molecule has 0 heterocycles. The first-order valence-corrected chi connectivity index (χ1v) is 8.28. The Labute approximate surface area is 128 Å². The number of aliphatic hydroxyl groups is 1. The Kier molecular flexibility index (Phi) is 6.07. The minimum absolute atomic E-state index is 0.348.